The number of rotatable bonds is 6. The number of halogens is 2. The topological polar surface area (TPSA) is 91.0 Å². The van der Waals surface area contributed by atoms with Crippen LogP contribution in [0.1, 0.15) is 48.4 Å². The lowest BCUT2D eigenvalue weighted by molar-refractivity contribution is -0.0975. The van der Waals surface area contributed by atoms with Crippen molar-refractivity contribution in [3.63, 3.8) is 0 Å². The van der Waals surface area contributed by atoms with Crippen molar-refractivity contribution >= 4 is 34.9 Å². The summed E-state index contributed by atoms with van der Waals surface area (Å²) in [5.74, 6) is 2.09. The minimum absolute atomic E-state index is 0.308. The van der Waals surface area contributed by atoms with E-state index in [0.29, 0.717) is 47.6 Å². The first-order valence-electron chi connectivity index (χ1n) is 12.1. The van der Waals surface area contributed by atoms with Crippen LogP contribution in [0, 0.1) is 13.8 Å². The number of H-pyrrole nitrogens is 1. The zero-order chi connectivity index (χ0) is 24.4. The fraction of sp³-hybridized carbons (Fsp3) is 0.480. The number of aryl methyl sites for hydroxylation is 2. The van der Waals surface area contributed by atoms with Crippen LogP contribution < -0.4 is 10.6 Å². The number of nitrogens with one attached hydrogen (secondary N) is 3. The third-order valence-electron chi connectivity index (χ3n) is 6.92. The number of nitrogens with zero attached hydrogens (tertiary/aromatic N) is 4. The van der Waals surface area contributed by atoms with E-state index in [2.05, 4.69) is 60.8 Å². The second-order valence-corrected chi connectivity index (χ2v) is 9.82. The van der Waals surface area contributed by atoms with Gasteiger partial charge in [-0.15, -0.1) is 0 Å². The predicted octanol–water partition coefficient (Wildman–Crippen LogP) is 5.61. The van der Waals surface area contributed by atoms with Gasteiger partial charge < -0.3 is 20.3 Å². The fourth-order valence-corrected chi connectivity index (χ4v) is 5.24. The first-order valence-corrected chi connectivity index (χ1v) is 12.5. The van der Waals surface area contributed by atoms with Crippen LogP contribution >= 0.6 is 11.6 Å². The number of ether oxygens (including phenoxy) is 1. The largest absolute Gasteiger partial charge is 0.348 e. The van der Waals surface area contributed by atoms with Crippen molar-refractivity contribution < 1.29 is 9.13 Å². The number of aromatic nitrogens is 4. The fourth-order valence-electron chi connectivity index (χ4n) is 5.10. The Labute approximate surface area is 209 Å². The molecule has 2 fully saturated rings. The number of benzene rings is 1. The molecule has 0 spiro atoms. The van der Waals surface area contributed by atoms with Gasteiger partial charge in [-0.05, 0) is 75.4 Å². The van der Waals surface area contributed by atoms with Crippen molar-refractivity contribution in [3.8, 4) is 0 Å². The lowest BCUT2D eigenvalue weighted by Gasteiger charge is -2.40. The Kier molecular flexibility index (Phi) is 7.17. The maximum Gasteiger partial charge on any atom is 0.229 e. The zero-order valence-corrected chi connectivity index (χ0v) is 20.8. The lowest BCUT2D eigenvalue weighted by atomic mass is 9.86. The van der Waals surface area contributed by atoms with Gasteiger partial charge in [-0.1, -0.05) is 17.7 Å². The smallest absolute Gasteiger partial charge is 0.229 e. The van der Waals surface area contributed by atoms with E-state index in [0.717, 1.165) is 43.7 Å². The molecule has 0 saturated carbocycles. The highest BCUT2D eigenvalue weighted by molar-refractivity contribution is 6.32. The van der Waals surface area contributed by atoms with Crippen LogP contribution in [0.25, 0.3) is 0 Å². The Morgan fingerprint density at radius 2 is 1.97 bits per heavy atom. The van der Waals surface area contributed by atoms with Gasteiger partial charge in [0.2, 0.25) is 5.95 Å². The lowest BCUT2D eigenvalue weighted by Crippen LogP contribution is -2.45. The third-order valence-corrected chi connectivity index (χ3v) is 7.19. The minimum atomic E-state index is -1.11. The molecule has 0 radical (unpaired) electrons. The summed E-state index contributed by atoms with van der Waals surface area (Å²) in [4.78, 5) is 11.3. The summed E-state index contributed by atoms with van der Waals surface area (Å²) in [5, 5.41) is 13.9. The molecule has 2 aromatic heterocycles. The van der Waals surface area contributed by atoms with Crippen LogP contribution in [0.3, 0.4) is 0 Å². The molecular formula is C25H31ClFN7O. The standard InChI is InChI=1S/C25H31ClFN7O/c1-15-11-18(29-25-28-14-21(26)24(31-25)30-23-12-16(2)32-33-23)3-4-20(15)17-5-8-34(9-6-17)19-7-10-35-22(27)13-19/h3-4,11-12,14,17,19,22H,5-10,13H2,1-2H3,(H3,28,29,30,31,32,33). The number of piperidine rings is 1. The normalized spacial score (nSPS) is 21.7. The summed E-state index contributed by atoms with van der Waals surface area (Å²) in [7, 11) is 0. The molecule has 35 heavy (non-hydrogen) atoms. The molecule has 3 N–H and O–H groups in total. The average molecular weight is 500 g/mol. The van der Waals surface area contributed by atoms with Crippen molar-refractivity contribution in [1.82, 2.24) is 25.1 Å². The summed E-state index contributed by atoms with van der Waals surface area (Å²) in [6, 6.07) is 8.59. The van der Waals surface area contributed by atoms with Crippen LogP contribution in [0.4, 0.5) is 27.7 Å². The average Bonchev–Trinajstić information content (AvgIpc) is 3.26. The second kappa shape index (κ2) is 10.5. The zero-order valence-electron chi connectivity index (χ0n) is 20.0. The monoisotopic (exact) mass is 499 g/mol. The summed E-state index contributed by atoms with van der Waals surface area (Å²) in [5.41, 5.74) is 4.47. The third kappa shape index (κ3) is 5.74. The van der Waals surface area contributed by atoms with Crippen molar-refractivity contribution in [2.45, 2.75) is 57.8 Å². The highest BCUT2D eigenvalue weighted by atomic mass is 35.5. The van der Waals surface area contributed by atoms with E-state index in [1.165, 1.54) is 11.1 Å². The van der Waals surface area contributed by atoms with E-state index in [4.69, 9.17) is 16.3 Å². The summed E-state index contributed by atoms with van der Waals surface area (Å²) >= 11 is 6.27. The van der Waals surface area contributed by atoms with E-state index in [9.17, 15) is 4.39 Å². The van der Waals surface area contributed by atoms with Gasteiger partial charge in [0.1, 0.15) is 5.02 Å². The molecule has 1 aromatic carbocycles. The first-order chi connectivity index (χ1) is 16.9. The highest BCUT2D eigenvalue weighted by Crippen LogP contribution is 2.34. The van der Waals surface area contributed by atoms with Gasteiger partial charge in [-0.3, -0.25) is 5.10 Å². The minimum Gasteiger partial charge on any atom is -0.348 e. The van der Waals surface area contributed by atoms with Gasteiger partial charge in [-0.2, -0.15) is 10.1 Å². The highest BCUT2D eigenvalue weighted by Gasteiger charge is 2.30. The molecule has 0 amide bonds. The van der Waals surface area contributed by atoms with Crippen LogP contribution in [0.5, 0.6) is 0 Å². The first kappa shape index (κ1) is 24.0. The van der Waals surface area contributed by atoms with Crippen molar-refractivity contribution in [2.24, 2.45) is 0 Å². The van der Waals surface area contributed by atoms with E-state index in [1.807, 2.05) is 13.0 Å². The summed E-state index contributed by atoms with van der Waals surface area (Å²) in [6.45, 7) is 6.61. The molecule has 0 aliphatic carbocycles. The Balaban J connectivity index is 1.22. The molecule has 186 valence electrons. The van der Waals surface area contributed by atoms with Gasteiger partial charge in [0.25, 0.3) is 0 Å². The van der Waals surface area contributed by atoms with Crippen LogP contribution in [-0.2, 0) is 4.74 Å². The van der Waals surface area contributed by atoms with Gasteiger partial charge in [0, 0.05) is 29.9 Å². The molecule has 8 nitrogen and oxygen atoms in total. The number of aromatic amines is 1. The molecule has 0 bridgehead atoms. The molecule has 2 saturated heterocycles. The molecule has 5 rings (SSSR count). The maximum absolute atomic E-state index is 13.6. The Morgan fingerprint density at radius 3 is 2.69 bits per heavy atom. The van der Waals surface area contributed by atoms with Gasteiger partial charge in [-0.25, -0.2) is 9.37 Å². The number of anilines is 4. The molecule has 4 heterocycles. The molecule has 2 aliphatic rings. The van der Waals surface area contributed by atoms with Crippen molar-refractivity contribution in [2.75, 3.05) is 30.3 Å². The molecular weight excluding hydrogens is 469 g/mol. The van der Waals surface area contributed by atoms with E-state index in [-0.39, 0.29) is 0 Å². The van der Waals surface area contributed by atoms with Crippen molar-refractivity contribution in [1.29, 1.82) is 0 Å². The SMILES string of the molecule is Cc1cc(Nc2nc(Nc3ccc(C4CCN(C5CCOC(F)C5)CC4)c(C)c3)ncc2Cl)n[nH]1. The number of hydrogen-bond acceptors (Lipinski definition) is 7. The molecule has 2 atom stereocenters. The van der Waals surface area contributed by atoms with E-state index < -0.39 is 6.36 Å². The molecule has 10 heteroatoms. The number of likely N-dealkylation sites (tertiary alicyclic amines) is 1. The molecule has 2 aliphatic heterocycles. The molecule has 2 unspecified atom stereocenters. The van der Waals surface area contributed by atoms with Crippen molar-refractivity contribution in [3.05, 3.63) is 52.3 Å². The summed E-state index contributed by atoms with van der Waals surface area (Å²) in [6.07, 6.45) is 4.05. The van der Waals surface area contributed by atoms with Gasteiger partial charge >= 0.3 is 0 Å². The van der Waals surface area contributed by atoms with Crippen LogP contribution in [0.2, 0.25) is 5.02 Å². The van der Waals surface area contributed by atoms with Crippen LogP contribution in [-0.4, -0.2) is 57.2 Å². The second-order valence-electron chi connectivity index (χ2n) is 9.42. The van der Waals surface area contributed by atoms with Gasteiger partial charge in [0.15, 0.2) is 18.0 Å². The van der Waals surface area contributed by atoms with E-state index >= 15 is 0 Å². The van der Waals surface area contributed by atoms with Gasteiger partial charge in [0.05, 0.1) is 12.8 Å². The quantitative estimate of drug-likeness (QED) is 0.406. The number of alkyl halides is 1. The number of hydrogen-bond donors (Lipinski definition) is 3. The summed E-state index contributed by atoms with van der Waals surface area (Å²) < 4.78 is 18.7. The Bertz CT molecular complexity index is 1160. The van der Waals surface area contributed by atoms with Crippen LogP contribution in [0.15, 0.2) is 30.5 Å². The molecule has 3 aromatic rings. The Morgan fingerprint density at radius 1 is 1.14 bits per heavy atom. The Hall–Kier alpha value is -2.75. The van der Waals surface area contributed by atoms with E-state index in [1.54, 1.807) is 6.20 Å². The maximum atomic E-state index is 13.6. The predicted molar refractivity (Wildman–Crippen MR) is 136 cm³/mol.